The molecule has 0 aliphatic carbocycles. The molecule has 0 aromatic heterocycles. The zero-order valence-corrected chi connectivity index (χ0v) is 8.71. The molecule has 6 heteroatoms. The summed E-state index contributed by atoms with van der Waals surface area (Å²) in [6, 6.07) is 0. The van der Waals surface area contributed by atoms with Crippen molar-refractivity contribution in [2.75, 3.05) is 13.4 Å². The number of carbonyl (C=O) groups is 1. The highest BCUT2D eigenvalue weighted by molar-refractivity contribution is 8.22. The van der Waals surface area contributed by atoms with Crippen LogP contribution in [0, 0.1) is 0 Å². The maximum absolute atomic E-state index is 10.8. The summed E-state index contributed by atoms with van der Waals surface area (Å²) in [5.41, 5.74) is 2.77. The van der Waals surface area contributed by atoms with Crippen molar-refractivity contribution >= 4 is 40.0 Å². The van der Waals surface area contributed by atoms with Crippen LogP contribution in [0.2, 0.25) is 0 Å². The van der Waals surface area contributed by atoms with Gasteiger partial charge in [0, 0.05) is 0 Å². The molecule has 0 saturated heterocycles. The molecule has 0 unspecified atom stereocenters. The van der Waals surface area contributed by atoms with E-state index in [1.165, 1.54) is 18.9 Å². The quantitative estimate of drug-likeness (QED) is 0.313. The van der Waals surface area contributed by atoms with Gasteiger partial charge in [-0.15, -0.1) is 0 Å². The molecule has 0 aromatic carbocycles. The monoisotopic (exact) mass is 206 g/mol. The van der Waals surface area contributed by atoms with Crippen molar-refractivity contribution in [3.8, 4) is 0 Å². The highest BCUT2D eigenvalue weighted by Crippen LogP contribution is 1.93. The molecule has 4 nitrogen and oxygen atoms in total. The predicted molar refractivity (Wildman–Crippen MR) is 54.4 cm³/mol. The fourth-order valence-electron chi connectivity index (χ4n) is 0.368. The van der Waals surface area contributed by atoms with Gasteiger partial charge in [-0.25, -0.2) is 4.79 Å². The molecule has 1 N–H and O–H groups in total. The lowest BCUT2D eigenvalue weighted by atomic mass is 10.4. The zero-order valence-electron chi connectivity index (χ0n) is 7.08. The first-order chi connectivity index (χ1) is 5.61. The van der Waals surface area contributed by atoms with E-state index in [0.717, 1.165) is 0 Å². The molecule has 0 heterocycles. The lowest BCUT2D eigenvalue weighted by Gasteiger charge is -1.99. The number of methoxy groups -OCH3 is 1. The molecule has 0 spiro atoms. The van der Waals surface area contributed by atoms with Gasteiger partial charge in [-0.1, -0.05) is 24.0 Å². The van der Waals surface area contributed by atoms with Crippen LogP contribution in [0.25, 0.3) is 0 Å². The molecule has 0 aromatic rings. The maximum Gasteiger partial charge on any atom is 0.353 e. The molecule has 0 rings (SSSR count). The Morgan fingerprint density at radius 1 is 1.67 bits per heavy atom. The Balaban J connectivity index is 4.00. The van der Waals surface area contributed by atoms with Crippen LogP contribution in [-0.2, 0) is 9.53 Å². The van der Waals surface area contributed by atoms with E-state index in [0.29, 0.717) is 4.32 Å². The van der Waals surface area contributed by atoms with Gasteiger partial charge in [-0.3, -0.25) is 5.43 Å². The number of esters is 1. The molecule has 0 saturated carbocycles. The van der Waals surface area contributed by atoms with Gasteiger partial charge in [-0.05, 0) is 13.2 Å². The van der Waals surface area contributed by atoms with Crippen molar-refractivity contribution in [2.24, 2.45) is 5.10 Å². The van der Waals surface area contributed by atoms with Crippen molar-refractivity contribution in [1.82, 2.24) is 5.43 Å². The van der Waals surface area contributed by atoms with E-state index in [2.05, 4.69) is 15.3 Å². The second kappa shape index (κ2) is 5.96. The van der Waals surface area contributed by atoms with Crippen LogP contribution in [0.4, 0.5) is 0 Å². The minimum atomic E-state index is -0.466. The third kappa shape index (κ3) is 4.30. The van der Waals surface area contributed by atoms with Gasteiger partial charge in [0.15, 0.2) is 4.32 Å². The summed E-state index contributed by atoms with van der Waals surface area (Å²) in [6.07, 6.45) is 1.82. The van der Waals surface area contributed by atoms with Gasteiger partial charge in [0.2, 0.25) is 0 Å². The highest BCUT2D eigenvalue weighted by Gasteiger charge is 2.04. The molecule has 0 aliphatic rings. The van der Waals surface area contributed by atoms with E-state index >= 15 is 0 Å². The second-order valence-electron chi connectivity index (χ2n) is 1.79. The first-order valence-corrected chi connectivity index (χ1v) is 4.71. The van der Waals surface area contributed by atoms with E-state index in [1.54, 1.807) is 6.92 Å². The first kappa shape index (κ1) is 11.4. The summed E-state index contributed by atoms with van der Waals surface area (Å²) < 4.78 is 4.93. The second-order valence-corrected chi connectivity index (χ2v) is 3.28. The molecule has 0 radical (unpaired) electrons. The van der Waals surface area contributed by atoms with Gasteiger partial charge in [0.1, 0.15) is 5.71 Å². The van der Waals surface area contributed by atoms with E-state index < -0.39 is 5.97 Å². The number of thioether (sulfide) groups is 1. The molecule has 0 aliphatic heterocycles. The lowest BCUT2D eigenvalue weighted by Crippen LogP contribution is -2.19. The van der Waals surface area contributed by atoms with Gasteiger partial charge in [-0.2, -0.15) is 5.10 Å². The minimum absolute atomic E-state index is 0.244. The van der Waals surface area contributed by atoms with Gasteiger partial charge in [0.05, 0.1) is 7.11 Å². The van der Waals surface area contributed by atoms with Crippen molar-refractivity contribution in [1.29, 1.82) is 0 Å². The normalized spacial score (nSPS) is 10.8. The number of hydrazone groups is 1. The van der Waals surface area contributed by atoms with Crippen molar-refractivity contribution < 1.29 is 9.53 Å². The largest absolute Gasteiger partial charge is 0.464 e. The van der Waals surface area contributed by atoms with Crippen LogP contribution in [-0.4, -0.2) is 29.4 Å². The van der Waals surface area contributed by atoms with Gasteiger partial charge in [0.25, 0.3) is 0 Å². The van der Waals surface area contributed by atoms with E-state index in [9.17, 15) is 4.79 Å². The average Bonchev–Trinajstić information content (AvgIpc) is 2.11. The lowest BCUT2D eigenvalue weighted by molar-refractivity contribution is -0.132. The summed E-state index contributed by atoms with van der Waals surface area (Å²) >= 11 is 6.14. The number of nitrogens with one attached hydrogen (secondary N) is 1. The standard InChI is InChI=1S/C6H10N2O2S2/c1-4(5(9)10-2)7-8-6(11)12-3/h1-3H3,(H,8,11)/b7-4+. The molecular weight excluding hydrogens is 196 g/mol. The Morgan fingerprint density at radius 3 is 2.67 bits per heavy atom. The topological polar surface area (TPSA) is 50.7 Å². The van der Waals surface area contributed by atoms with Crippen LogP contribution in [0.3, 0.4) is 0 Å². The number of nitrogens with zero attached hydrogens (tertiary/aromatic N) is 1. The molecule has 0 atom stereocenters. The van der Waals surface area contributed by atoms with Crippen LogP contribution in [0.5, 0.6) is 0 Å². The Labute approximate surface area is 80.7 Å². The summed E-state index contributed by atoms with van der Waals surface area (Å²) in [6.45, 7) is 1.54. The number of hydrogen-bond donors (Lipinski definition) is 1. The number of ether oxygens (including phenoxy) is 1. The summed E-state index contributed by atoms with van der Waals surface area (Å²) in [4.78, 5) is 10.8. The summed E-state index contributed by atoms with van der Waals surface area (Å²) in [7, 11) is 1.30. The molecule has 68 valence electrons. The van der Waals surface area contributed by atoms with Crippen LogP contribution < -0.4 is 5.43 Å². The third-order valence-electron chi connectivity index (χ3n) is 0.981. The molecular formula is C6H10N2O2S2. The maximum atomic E-state index is 10.8. The number of thiocarbonyl (C=S) groups is 1. The first-order valence-electron chi connectivity index (χ1n) is 3.08. The average molecular weight is 206 g/mol. The molecule has 12 heavy (non-hydrogen) atoms. The molecule has 0 amide bonds. The van der Waals surface area contributed by atoms with Crippen molar-refractivity contribution in [2.45, 2.75) is 6.92 Å². The van der Waals surface area contributed by atoms with Crippen molar-refractivity contribution in [3.05, 3.63) is 0 Å². The van der Waals surface area contributed by atoms with Crippen LogP contribution in [0.15, 0.2) is 5.10 Å². The third-order valence-corrected chi connectivity index (χ3v) is 2.03. The fraction of sp³-hybridized carbons (Fsp3) is 0.500. The SMILES string of the molecule is COC(=O)/C(C)=N/NC(=S)SC. The predicted octanol–water partition coefficient (Wildman–Crippen LogP) is 0.773. The number of carbonyl (C=O) groups excluding carboxylic acids is 1. The smallest absolute Gasteiger partial charge is 0.353 e. The molecule has 0 fully saturated rings. The van der Waals surface area contributed by atoms with Gasteiger partial charge < -0.3 is 4.74 Å². The highest BCUT2D eigenvalue weighted by atomic mass is 32.2. The summed E-state index contributed by atoms with van der Waals surface area (Å²) in [5.74, 6) is -0.466. The molecule has 0 bridgehead atoms. The Hall–Kier alpha value is -0.620. The Kier molecular flexibility index (Phi) is 5.65. The minimum Gasteiger partial charge on any atom is -0.464 e. The van der Waals surface area contributed by atoms with E-state index in [-0.39, 0.29) is 5.71 Å². The Bertz CT molecular complexity index is 216. The fourth-order valence-corrected chi connectivity index (χ4v) is 0.551. The number of hydrogen-bond acceptors (Lipinski definition) is 5. The van der Waals surface area contributed by atoms with E-state index in [4.69, 9.17) is 12.2 Å². The van der Waals surface area contributed by atoms with Gasteiger partial charge >= 0.3 is 5.97 Å². The van der Waals surface area contributed by atoms with Crippen LogP contribution >= 0.6 is 24.0 Å². The van der Waals surface area contributed by atoms with Crippen LogP contribution in [0.1, 0.15) is 6.92 Å². The Morgan fingerprint density at radius 2 is 2.25 bits per heavy atom. The van der Waals surface area contributed by atoms with Crippen molar-refractivity contribution in [3.63, 3.8) is 0 Å². The summed E-state index contributed by atoms with van der Waals surface area (Å²) in [5, 5.41) is 3.70. The zero-order chi connectivity index (χ0) is 9.56. The number of rotatable bonds is 2. The van der Waals surface area contributed by atoms with E-state index in [1.807, 2.05) is 6.26 Å².